The van der Waals surface area contributed by atoms with Crippen LogP contribution in [-0.2, 0) is 24.8 Å². The highest BCUT2D eigenvalue weighted by Crippen LogP contribution is 2.28. The molecule has 3 aromatic rings. The first kappa shape index (κ1) is 28.0. The van der Waals surface area contributed by atoms with Crippen molar-refractivity contribution in [1.82, 2.24) is 0 Å². The second kappa shape index (κ2) is 10.8. The summed E-state index contributed by atoms with van der Waals surface area (Å²) in [7, 11) is -6.26. The third kappa shape index (κ3) is 6.80. The Hall–Kier alpha value is -3.57. The van der Waals surface area contributed by atoms with E-state index < -0.39 is 32.0 Å². The fourth-order valence-electron chi connectivity index (χ4n) is 3.96. The first-order valence-corrected chi connectivity index (χ1v) is 14.7. The molecule has 1 atom stereocenters. The molecule has 0 aromatic heterocycles. The van der Waals surface area contributed by atoms with E-state index in [1.165, 1.54) is 38.3 Å². The molecule has 0 saturated heterocycles. The van der Waals surface area contributed by atoms with Crippen molar-refractivity contribution in [2.24, 2.45) is 0 Å². The van der Waals surface area contributed by atoms with E-state index in [1.54, 1.807) is 30.3 Å². The molecular formula is C26H31N3O6S2. The van der Waals surface area contributed by atoms with Crippen molar-refractivity contribution in [3.8, 4) is 5.75 Å². The van der Waals surface area contributed by atoms with Crippen LogP contribution in [0.3, 0.4) is 0 Å². The van der Waals surface area contributed by atoms with E-state index in [-0.39, 0.29) is 4.90 Å². The second-order valence-electron chi connectivity index (χ2n) is 8.90. The van der Waals surface area contributed by atoms with Crippen LogP contribution in [0.5, 0.6) is 5.75 Å². The number of methoxy groups -OCH3 is 1. The average molecular weight is 546 g/mol. The van der Waals surface area contributed by atoms with Crippen molar-refractivity contribution in [3.05, 3.63) is 77.4 Å². The lowest BCUT2D eigenvalue weighted by molar-refractivity contribution is -0.116. The minimum Gasteiger partial charge on any atom is -0.495 e. The maximum atomic E-state index is 13.0. The number of nitrogens with one attached hydrogen (secondary N) is 2. The molecule has 0 radical (unpaired) electrons. The van der Waals surface area contributed by atoms with Crippen LogP contribution in [0.25, 0.3) is 0 Å². The predicted molar refractivity (Wildman–Crippen MR) is 146 cm³/mol. The van der Waals surface area contributed by atoms with Gasteiger partial charge in [0.05, 0.1) is 29.6 Å². The monoisotopic (exact) mass is 545 g/mol. The molecule has 0 aliphatic heterocycles. The molecule has 0 heterocycles. The SMILES string of the molecule is COc1ccc(C)cc1NS(=O)(=O)c1ccc(NC(=O)[C@H](C)N(c2cc(C)cc(C)c2)S(C)(=O)=O)cc1. The van der Waals surface area contributed by atoms with Crippen LogP contribution in [0.1, 0.15) is 23.6 Å². The molecule has 0 fully saturated rings. The van der Waals surface area contributed by atoms with Gasteiger partial charge in [0.25, 0.3) is 10.0 Å². The van der Waals surface area contributed by atoms with Gasteiger partial charge in [0, 0.05) is 5.69 Å². The van der Waals surface area contributed by atoms with Crippen molar-refractivity contribution in [2.45, 2.75) is 38.6 Å². The van der Waals surface area contributed by atoms with Gasteiger partial charge in [-0.25, -0.2) is 16.8 Å². The Kier molecular flexibility index (Phi) is 8.19. The molecule has 0 bridgehead atoms. The molecule has 0 aliphatic rings. The number of carbonyl (C=O) groups is 1. The number of amides is 1. The minimum absolute atomic E-state index is 0.0184. The predicted octanol–water partition coefficient (Wildman–Crippen LogP) is 4.21. The van der Waals surface area contributed by atoms with Crippen molar-refractivity contribution >= 4 is 43.0 Å². The van der Waals surface area contributed by atoms with Crippen LogP contribution < -0.4 is 19.1 Å². The summed E-state index contributed by atoms with van der Waals surface area (Å²) >= 11 is 0. The van der Waals surface area contributed by atoms with Crippen molar-refractivity contribution in [3.63, 3.8) is 0 Å². The lowest BCUT2D eigenvalue weighted by Crippen LogP contribution is -2.45. The van der Waals surface area contributed by atoms with Crippen molar-refractivity contribution < 1.29 is 26.4 Å². The van der Waals surface area contributed by atoms with Crippen LogP contribution in [0.4, 0.5) is 17.1 Å². The fraction of sp³-hybridized carbons (Fsp3) is 0.269. The van der Waals surface area contributed by atoms with E-state index >= 15 is 0 Å². The summed E-state index contributed by atoms with van der Waals surface area (Å²) in [5.74, 6) is -0.186. The first-order valence-electron chi connectivity index (χ1n) is 11.4. The summed E-state index contributed by atoms with van der Waals surface area (Å²) in [5, 5.41) is 2.67. The Morgan fingerprint density at radius 3 is 2.00 bits per heavy atom. The normalized spacial score (nSPS) is 12.5. The third-order valence-corrected chi connectivity index (χ3v) is 8.20. The average Bonchev–Trinajstić information content (AvgIpc) is 2.78. The summed E-state index contributed by atoms with van der Waals surface area (Å²) in [5.41, 5.74) is 3.60. The Labute approximate surface area is 218 Å². The first-order chi connectivity index (χ1) is 17.2. The highest BCUT2D eigenvalue weighted by Gasteiger charge is 2.29. The Morgan fingerprint density at radius 1 is 0.865 bits per heavy atom. The second-order valence-corrected chi connectivity index (χ2v) is 12.4. The minimum atomic E-state index is -3.93. The van der Waals surface area contributed by atoms with Gasteiger partial charge in [-0.1, -0.05) is 12.1 Å². The summed E-state index contributed by atoms with van der Waals surface area (Å²) in [4.78, 5) is 13.0. The molecule has 2 N–H and O–H groups in total. The third-order valence-electron chi connectivity index (χ3n) is 5.58. The van der Waals surface area contributed by atoms with Gasteiger partial charge in [0.2, 0.25) is 15.9 Å². The lowest BCUT2D eigenvalue weighted by atomic mass is 10.1. The molecule has 0 unspecified atom stereocenters. The van der Waals surface area contributed by atoms with Crippen LogP contribution in [0, 0.1) is 20.8 Å². The number of benzene rings is 3. The summed E-state index contributed by atoms with van der Waals surface area (Å²) in [6, 6.07) is 15.0. The van der Waals surface area contributed by atoms with Crippen LogP contribution in [-0.4, -0.2) is 42.2 Å². The van der Waals surface area contributed by atoms with E-state index in [2.05, 4.69) is 10.0 Å². The van der Waals surface area contributed by atoms with Crippen molar-refractivity contribution in [1.29, 1.82) is 0 Å². The van der Waals surface area contributed by atoms with E-state index in [4.69, 9.17) is 4.74 Å². The summed E-state index contributed by atoms with van der Waals surface area (Å²) < 4.78 is 59.8. The lowest BCUT2D eigenvalue weighted by Gasteiger charge is -2.28. The molecule has 1 amide bonds. The maximum absolute atomic E-state index is 13.0. The number of aryl methyl sites for hydroxylation is 3. The molecule has 3 aromatic carbocycles. The van der Waals surface area contributed by atoms with Gasteiger partial charge in [-0.3, -0.25) is 13.8 Å². The van der Waals surface area contributed by atoms with Crippen LogP contribution in [0.2, 0.25) is 0 Å². The number of ether oxygens (including phenoxy) is 1. The Morgan fingerprint density at radius 2 is 1.46 bits per heavy atom. The molecule has 3 rings (SSSR count). The quantitative estimate of drug-likeness (QED) is 0.415. The molecule has 198 valence electrons. The Bertz CT molecular complexity index is 1500. The zero-order valence-corrected chi connectivity index (χ0v) is 23.2. The number of nitrogens with zero attached hydrogens (tertiary/aromatic N) is 1. The Balaban J connectivity index is 1.80. The van der Waals surface area contributed by atoms with Gasteiger partial charge in [-0.15, -0.1) is 0 Å². The summed E-state index contributed by atoms with van der Waals surface area (Å²) in [6.07, 6.45) is 1.05. The molecular weight excluding hydrogens is 514 g/mol. The number of hydrogen-bond donors (Lipinski definition) is 2. The van der Waals surface area contributed by atoms with Gasteiger partial charge in [0.15, 0.2) is 0 Å². The number of rotatable bonds is 9. The van der Waals surface area contributed by atoms with E-state index in [0.717, 1.165) is 27.3 Å². The zero-order chi connectivity index (χ0) is 27.5. The van der Waals surface area contributed by atoms with Crippen LogP contribution in [0.15, 0.2) is 65.6 Å². The van der Waals surface area contributed by atoms with Gasteiger partial charge >= 0.3 is 0 Å². The topological polar surface area (TPSA) is 122 Å². The highest BCUT2D eigenvalue weighted by atomic mass is 32.2. The molecule has 0 aliphatic carbocycles. The number of carbonyl (C=O) groups excluding carboxylic acids is 1. The fourth-order valence-corrected chi connectivity index (χ4v) is 6.18. The molecule has 0 saturated carbocycles. The number of sulfonamides is 2. The van der Waals surface area contributed by atoms with E-state index in [0.29, 0.717) is 22.8 Å². The van der Waals surface area contributed by atoms with Crippen molar-refractivity contribution in [2.75, 3.05) is 27.7 Å². The number of anilines is 3. The van der Waals surface area contributed by atoms with Gasteiger partial charge in [-0.05, 0) is 92.9 Å². The molecule has 9 nitrogen and oxygen atoms in total. The largest absolute Gasteiger partial charge is 0.495 e. The maximum Gasteiger partial charge on any atom is 0.262 e. The molecule has 37 heavy (non-hydrogen) atoms. The standard InChI is InChI=1S/C26H31N3O6S2/c1-17-7-12-25(35-5)24(16-17)28-37(33,34)23-10-8-21(9-11-23)27-26(30)20(4)29(36(6,31)32)22-14-18(2)13-19(3)15-22/h7-16,20,28H,1-6H3,(H,27,30)/t20-/m0/s1. The van der Waals surface area contributed by atoms with Gasteiger partial charge in [0.1, 0.15) is 11.8 Å². The van der Waals surface area contributed by atoms with Crippen LogP contribution >= 0.6 is 0 Å². The van der Waals surface area contributed by atoms with Gasteiger partial charge < -0.3 is 10.1 Å². The molecule has 11 heteroatoms. The summed E-state index contributed by atoms with van der Waals surface area (Å²) in [6.45, 7) is 7.02. The van der Waals surface area contributed by atoms with E-state index in [1.807, 2.05) is 26.8 Å². The smallest absolute Gasteiger partial charge is 0.262 e. The molecule has 0 spiro atoms. The van der Waals surface area contributed by atoms with Gasteiger partial charge in [-0.2, -0.15) is 0 Å². The van der Waals surface area contributed by atoms with E-state index in [9.17, 15) is 21.6 Å². The zero-order valence-electron chi connectivity index (χ0n) is 21.6. The highest BCUT2D eigenvalue weighted by molar-refractivity contribution is 7.92. The number of hydrogen-bond acceptors (Lipinski definition) is 6.